The van der Waals surface area contributed by atoms with E-state index in [1.165, 1.54) is 18.5 Å². The van der Waals surface area contributed by atoms with Crippen LogP contribution in [-0.2, 0) is 14.8 Å². The maximum Gasteiger partial charge on any atom is 0.232 e. The number of sulfonamides is 1. The molecule has 28 heavy (non-hydrogen) atoms. The van der Waals surface area contributed by atoms with Crippen molar-refractivity contribution in [3.8, 4) is 11.5 Å². The number of carbonyl (C=O) groups excluding carboxylic acids is 1. The molecule has 0 radical (unpaired) electrons. The van der Waals surface area contributed by atoms with Crippen LogP contribution in [0.4, 0.5) is 11.4 Å². The zero-order valence-electron chi connectivity index (χ0n) is 16.6. The van der Waals surface area contributed by atoms with Gasteiger partial charge in [-0.15, -0.1) is 0 Å². The summed E-state index contributed by atoms with van der Waals surface area (Å²) in [6.07, 6.45) is 1.70. The van der Waals surface area contributed by atoms with E-state index in [1.54, 1.807) is 30.3 Å². The first-order valence-electron chi connectivity index (χ1n) is 8.81. The second-order valence-corrected chi connectivity index (χ2v) is 8.30. The van der Waals surface area contributed by atoms with Gasteiger partial charge >= 0.3 is 0 Å². The highest BCUT2D eigenvalue weighted by molar-refractivity contribution is 7.92. The topological polar surface area (TPSA) is 84.9 Å². The quantitative estimate of drug-likeness (QED) is 0.691. The van der Waals surface area contributed by atoms with Crippen LogP contribution in [-0.4, -0.2) is 41.3 Å². The Bertz CT molecular complexity index is 911. The Morgan fingerprint density at radius 2 is 1.75 bits per heavy atom. The molecule has 152 valence electrons. The molecule has 0 saturated carbocycles. The third-order valence-electron chi connectivity index (χ3n) is 4.17. The van der Waals surface area contributed by atoms with E-state index in [0.717, 1.165) is 11.8 Å². The van der Waals surface area contributed by atoms with E-state index in [-0.39, 0.29) is 18.9 Å². The Morgan fingerprint density at radius 1 is 1.07 bits per heavy atom. The molecule has 2 aromatic rings. The summed E-state index contributed by atoms with van der Waals surface area (Å²) >= 11 is 0. The second kappa shape index (κ2) is 9.45. The van der Waals surface area contributed by atoms with Gasteiger partial charge in [-0.3, -0.25) is 9.10 Å². The number of hydrogen-bond acceptors (Lipinski definition) is 5. The van der Waals surface area contributed by atoms with Crippen LogP contribution < -0.4 is 19.1 Å². The fourth-order valence-electron chi connectivity index (χ4n) is 2.71. The average molecular weight is 407 g/mol. The summed E-state index contributed by atoms with van der Waals surface area (Å²) in [7, 11) is -0.385. The molecule has 0 aromatic heterocycles. The number of methoxy groups -OCH3 is 2. The van der Waals surface area contributed by atoms with Gasteiger partial charge in [-0.25, -0.2) is 8.42 Å². The number of rotatable bonds is 9. The summed E-state index contributed by atoms with van der Waals surface area (Å²) in [5.74, 6) is 0.884. The molecular formula is C20H26N2O5S. The maximum atomic E-state index is 12.3. The van der Waals surface area contributed by atoms with E-state index in [4.69, 9.17) is 9.47 Å². The Labute approximate surface area is 166 Å². The lowest BCUT2D eigenvalue weighted by Gasteiger charge is -2.22. The monoisotopic (exact) mass is 406 g/mol. The first kappa shape index (κ1) is 21.6. The van der Waals surface area contributed by atoms with Crippen LogP contribution in [0.1, 0.15) is 18.4 Å². The van der Waals surface area contributed by atoms with Gasteiger partial charge in [0.1, 0.15) is 11.5 Å². The summed E-state index contributed by atoms with van der Waals surface area (Å²) in [6, 6.07) is 12.4. The fraction of sp³-hybridized carbons (Fsp3) is 0.350. The van der Waals surface area contributed by atoms with E-state index in [0.29, 0.717) is 29.3 Å². The van der Waals surface area contributed by atoms with Crippen molar-refractivity contribution in [2.75, 3.05) is 36.6 Å². The van der Waals surface area contributed by atoms with Gasteiger partial charge in [-0.1, -0.05) is 17.7 Å². The van der Waals surface area contributed by atoms with Crippen molar-refractivity contribution < 1.29 is 22.7 Å². The average Bonchev–Trinajstić information content (AvgIpc) is 2.65. The highest BCUT2D eigenvalue weighted by atomic mass is 32.2. The molecule has 2 rings (SSSR count). The van der Waals surface area contributed by atoms with Crippen molar-refractivity contribution >= 4 is 27.3 Å². The number of anilines is 2. The minimum Gasteiger partial charge on any atom is -0.497 e. The van der Waals surface area contributed by atoms with E-state index >= 15 is 0 Å². The van der Waals surface area contributed by atoms with Gasteiger partial charge in [-0.2, -0.15) is 0 Å². The van der Waals surface area contributed by atoms with Crippen LogP contribution in [0, 0.1) is 6.92 Å². The third-order valence-corrected chi connectivity index (χ3v) is 5.36. The Hall–Kier alpha value is -2.74. The fourth-order valence-corrected chi connectivity index (χ4v) is 3.67. The lowest BCUT2D eigenvalue weighted by molar-refractivity contribution is -0.116. The molecule has 0 bridgehead atoms. The Morgan fingerprint density at radius 3 is 2.32 bits per heavy atom. The predicted octanol–water partition coefficient (Wildman–Crippen LogP) is 3.20. The molecule has 0 aliphatic carbocycles. The molecule has 0 aliphatic heterocycles. The Kier molecular flexibility index (Phi) is 7.28. The summed E-state index contributed by atoms with van der Waals surface area (Å²) in [5, 5.41) is 2.78. The van der Waals surface area contributed by atoms with E-state index in [2.05, 4.69) is 5.32 Å². The van der Waals surface area contributed by atoms with E-state index in [9.17, 15) is 13.2 Å². The van der Waals surface area contributed by atoms with E-state index < -0.39 is 10.0 Å². The number of nitrogens with one attached hydrogen (secondary N) is 1. The number of hydrogen-bond donors (Lipinski definition) is 1. The van der Waals surface area contributed by atoms with Crippen molar-refractivity contribution in [3.05, 3.63) is 48.0 Å². The second-order valence-electron chi connectivity index (χ2n) is 6.39. The lowest BCUT2D eigenvalue weighted by Crippen LogP contribution is -2.31. The molecule has 0 heterocycles. The number of ether oxygens (including phenoxy) is 2. The SMILES string of the molecule is COc1ccc(OC)c(NC(=O)CCCN(c2ccc(C)cc2)S(C)(=O)=O)c1. The van der Waals surface area contributed by atoms with Crippen LogP contribution in [0.5, 0.6) is 11.5 Å². The molecule has 0 spiro atoms. The first-order valence-corrected chi connectivity index (χ1v) is 10.7. The van der Waals surface area contributed by atoms with Gasteiger partial charge in [0, 0.05) is 19.0 Å². The zero-order chi connectivity index (χ0) is 20.7. The van der Waals surface area contributed by atoms with Gasteiger partial charge in [0.05, 0.1) is 31.9 Å². The van der Waals surface area contributed by atoms with Crippen molar-refractivity contribution in [1.29, 1.82) is 0 Å². The molecule has 7 nitrogen and oxygen atoms in total. The minimum absolute atomic E-state index is 0.165. The first-order chi connectivity index (χ1) is 13.2. The molecule has 0 unspecified atom stereocenters. The summed E-state index contributed by atoms with van der Waals surface area (Å²) < 4.78 is 36.0. The summed E-state index contributed by atoms with van der Waals surface area (Å²) in [4.78, 5) is 12.3. The van der Waals surface area contributed by atoms with Crippen molar-refractivity contribution in [2.45, 2.75) is 19.8 Å². The molecule has 8 heteroatoms. The predicted molar refractivity (Wildman–Crippen MR) is 111 cm³/mol. The van der Waals surface area contributed by atoms with Crippen LogP contribution in [0.2, 0.25) is 0 Å². The highest BCUT2D eigenvalue weighted by Gasteiger charge is 2.18. The van der Waals surface area contributed by atoms with E-state index in [1.807, 2.05) is 19.1 Å². The molecule has 1 amide bonds. The molecule has 1 N–H and O–H groups in total. The normalized spacial score (nSPS) is 11.0. The lowest BCUT2D eigenvalue weighted by atomic mass is 10.2. The van der Waals surface area contributed by atoms with Gasteiger partial charge in [0.2, 0.25) is 15.9 Å². The molecule has 0 saturated heterocycles. The standard InChI is InChI=1S/C20H26N2O5S/c1-15-7-9-16(10-8-15)22(28(4,24)25)13-5-6-20(23)21-18-14-17(26-2)11-12-19(18)27-3/h7-12,14H,5-6,13H2,1-4H3,(H,21,23). The van der Waals surface area contributed by atoms with Crippen LogP contribution in [0.25, 0.3) is 0 Å². The number of aryl methyl sites for hydroxylation is 1. The molecular weight excluding hydrogens is 380 g/mol. The largest absolute Gasteiger partial charge is 0.497 e. The van der Waals surface area contributed by atoms with Crippen LogP contribution >= 0.6 is 0 Å². The molecule has 0 fully saturated rings. The smallest absolute Gasteiger partial charge is 0.232 e. The molecule has 2 aromatic carbocycles. The third kappa shape index (κ3) is 5.88. The van der Waals surface area contributed by atoms with Crippen molar-refractivity contribution in [1.82, 2.24) is 0 Å². The number of carbonyl (C=O) groups is 1. The Balaban J connectivity index is 2.01. The minimum atomic E-state index is -3.44. The molecule has 0 atom stereocenters. The summed E-state index contributed by atoms with van der Waals surface area (Å²) in [6.45, 7) is 2.15. The number of amides is 1. The van der Waals surface area contributed by atoms with Crippen LogP contribution in [0.3, 0.4) is 0 Å². The zero-order valence-corrected chi connectivity index (χ0v) is 17.4. The van der Waals surface area contributed by atoms with Gasteiger partial charge < -0.3 is 14.8 Å². The number of benzene rings is 2. The molecule has 0 aliphatic rings. The van der Waals surface area contributed by atoms with Crippen molar-refractivity contribution in [3.63, 3.8) is 0 Å². The highest BCUT2D eigenvalue weighted by Crippen LogP contribution is 2.29. The number of nitrogens with zero attached hydrogens (tertiary/aromatic N) is 1. The van der Waals surface area contributed by atoms with Crippen molar-refractivity contribution in [2.24, 2.45) is 0 Å². The van der Waals surface area contributed by atoms with Crippen LogP contribution in [0.15, 0.2) is 42.5 Å². The maximum absolute atomic E-state index is 12.3. The van der Waals surface area contributed by atoms with Gasteiger partial charge in [0.15, 0.2) is 0 Å². The van der Waals surface area contributed by atoms with Gasteiger partial charge in [-0.05, 0) is 37.6 Å². The summed E-state index contributed by atoms with van der Waals surface area (Å²) in [5.41, 5.74) is 2.14. The van der Waals surface area contributed by atoms with Gasteiger partial charge in [0.25, 0.3) is 0 Å².